The van der Waals surface area contributed by atoms with E-state index in [1.165, 1.54) is 23.3 Å². The molecule has 0 radical (unpaired) electrons. The van der Waals surface area contributed by atoms with Crippen LogP contribution in [0.5, 0.6) is 0 Å². The van der Waals surface area contributed by atoms with E-state index in [0.29, 0.717) is 17.9 Å². The number of nitrogens with one attached hydrogen (secondary N) is 1. The van der Waals surface area contributed by atoms with E-state index in [-0.39, 0.29) is 5.41 Å². The number of aliphatic imine (C=N–C) groups is 1. The van der Waals surface area contributed by atoms with Crippen LogP contribution in [0.3, 0.4) is 0 Å². The van der Waals surface area contributed by atoms with Gasteiger partial charge in [-0.1, -0.05) is 35.5 Å². The normalized spacial score (nSPS) is 29.8. The largest absolute Gasteiger partial charge is 0.339 e. The number of rotatable bonds is 6. The van der Waals surface area contributed by atoms with Crippen molar-refractivity contribution in [2.24, 2.45) is 4.99 Å². The van der Waals surface area contributed by atoms with Crippen molar-refractivity contribution in [1.82, 2.24) is 15.5 Å². The summed E-state index contributed by atoms with van der Waals surface area (Å²) < 4.78 is 5.74. The molecule has 2 unspecified atom stereocenters. The summed E-state index contributed by atoms with van der Waals surface area (Å²) in [5.74, 6) is 2.80. The highest BCUT2D eigenvalue weighted by molar-refractivity contribution is 5.67. The molecule has 2 saturated carbocycles. The molecule has 2 heterocycles. The topological polar surface area (TPSA) is 63.3 Å². The SMILES string of the molecule is C1=NC2=C(C1)CC(c1nc(C3(CN[C@H]4CC4c4ccccc4)CC3)no1)CC2. The van der Waals surface area contributed by atoms with Gasteiger partial charge >= 0.3 is 0 Å². The molecular weight excluding hydrogens is 348 g/mol. The van der Waals surface area contributed by atoms with Gasteiger partial charge in [0.05, 0.1) is 0 Å². The van der Waals surface area contributed by atoms with Crippen LogP contribution in [0.1, 0.15) is 74.1 Å². The summed E-state index contributed by atoms with van der Waals surface area (Å²) in [4.78, 5) is 9.37. The lowest BCUT2D eigenvalue weighted by molar-refractivity contribution is 0.333. The summed E-state index contributed by atoms with van der Waals surface area (Å²) in [5, 5.41) is 8.19. The first-order valence-electron chi connectivity index (χ1n) is 10.7. The van der Waals surface area contributed by atoms with Crippen molar-refractivity contribution < 1.29 is 4.52 Å². The van der Waals surface area contributed by atoms with Gasteiger partial charge < -0.3 is 9.84 Å². The predicted octanol–water partition coefficient (Wildman–Crippen LogP) is 4.24. The van der Waals surface area contributed by atoms with E-state index in [1.54, 1.807) is 0 Å². The van der Waals surface area contributed by atoms with Crippen molar-refractivity contribution in [3.63, 3.8) is 0 Å². The number of allylic oxidation sites excluding steroid dienone is 2. The summed E-state index contributed by atoms with van der Waals surface area (Å²) in [6.45, 7) is 0.966. The molecule has 6 rings (SSSR count). The number of hydrogen-bond acceptors (Lipinski definition) is 5. The molecule has 1 aromatic carbocycles. The molecule has 28 heavy (non-hydrogen) atoms. The molecule has 0 bridgehead atoms. The van der Waals surface area contributed by atoms with Gasteiger partial charge in [-0.25, -0.2) is 0 Å². The van der Waals surface area contributed by atoms with E-state index in [9.17, 15) is 0 Å². The third-order valence-corrected chi connectivity index (χ3v) is 7.06. The van der Waals surface area contributed by atoms with Gasteiger partial charge in [0, 0.05) is 48.2 Å². The fraction of sp³-hybridized carbons (Fsp3) is 0.522. The molecule has 2 fully saturated rings. The number of benzene rings is 1. The van der Waals surface area contributed by atoms with Crippen LogP contribution in [0.25, 0.3) is 0 Å². The molecule has 1 aromatic heterocycles. The quantitative estimate of drug-likeness (QED) is 0.821. The smallest absolute Gasteiger partial charge is 0.230 e. The molecule has 4 aliphatic rings. The minimum atomic E-state index is 0.0984. The molecule has 1 N–H and O–H groups in total. The number of hydrogen-bond donors (Lipinski definition) is 1. The Hall–Kier alpha value is -2.27. The maximum atomic E-state index is 5.74. The summed E-state index contributed by atoms with van der Waals surface area (Å²) >= 11 is 0. The highest BCUT2D eigenvalue weighted by Gasteiger charge is 2.50. The third-order valence-electron chi connectivity index (χ3n) is 7.06. The van der Waals surface area contributed by atoms with E-state index in [0.717, 1.165) is 56.8 Å². The van der Waals surface area contributed by atoms with Crippen molar-refractivity contribution >= 4 is 6.21 Å². The van der Waals surface area contributed by atoms with Crippen molar-refractivity contribution in [3.8, 4) is 0 Å². The monoisotopic (exact) mass is 374 g/mol. The maximum absolute atomic E-state index is 5.74. The van der Waals surface area contributed by atoms with Crippen LogP contribution in [-0.4, -0.2) is 28.9 Å². The molecule has 5 heteroatoms. The van der Waals surface area contributed by atoms with Crippen molar-refractivity contribution in [3.05, 3.63) is 58.9 Å². The Balaban J connectivity index is 1.09. The second kappa shape index (κ2) is 6.38. The first-order chi connectivity index (χ1) is 13.8. The molecule has 5 nitrogen and oxygen atoms in total. The second-order valence-electron chi connectivity index (χ2n) is 8.98. The number of aromatic nitrogens is 2. The van der Waals surface area contributed by atoms with Crippen LogP contribution in [0.2, 0.25) is 0 Å². The van der Waals surface area contributed by atoms with E-state index < -0.39 is 0 Å². The van der Waals surface area contributed by atoms with Gasteiger partial charge in [-0.15, -0.1) is 0 Å². The fourth-order valence-electron chi connectivity index (χ4n) is 4.90. The van der Waals surface area contributed by atoms with Gasteiger partial charge in [0.15, 0.2) is 5.82 Å². The summed E-state index contributed by atoms with van der Waals surface area (Å²) in [7, 11) is 0. The van der Waals surface area contributed by atoms with Crippen molar-refractivity contribution in [2.75, 3.05) is 6.54 Å². The van der Waals surface area contributed by atoms with E-state index in [2.05, 4.69) is 45.8 Å². The first-order valence-corrected chi connectivity index (χ1v) is 10.7. The van der Waals surface area contributed by atoms with Crippen LogP contribution >= 0.6 is 0 Å². The predicted molar refractivity (Wildman–Crippen MR) is 108 cm³/mol. The Morgan fingerprint density at radius 1 is 1.18 bits per heavy atom. The molecule has 1 aliphatic heterocycles. The maximum Gasteiger partial charge on any atom is 0.230 e. The van der Waals surface area contributed by atoms with Gasteiger partial charge in [0.1, 0.15) is 0 Å². The highest BCUT2D eigenvalue weighted by atomic mass is 16.5. The number of nitrogens with zero attached hydrogens (tertiary/aromatic N) is 3. The van der Waals surface area contributed by atoms with Crippen molar-refractivity contribution in [1.29, 1.82) is 0 Å². The molecule has 0 amide bonds. The van der Waals surface area contributed by atoms with E-state index >= 15 is 0 Å². The molecule has 0 saturated heterocycles. The van der Waals surface area contributed by atoms with Gasteiger partial charge in [0.2, 0.25) is 5.89 Å². The zero-order chi connectivity index (χ0) is 18.6. The van der Waals surface area contributed by atoms with E-state index in [1.807, 2.05) is 6.21 Å². The Morgan fingerprint density at radius 2 is 2.07 bits per heavy atom. The molecule has 3 atom stereocenters. The molecule has 2 aromatic rings. The Kier molecular flexibility index (Phi) is 3.80. The average Bonchev–Trinajstić information content (AvgIpc) is 3.58. The first kappa shape index (κ1) is 16.7. The van der Waals surface area contributed by atoms with Gasteiger partial charge in [-0.2, -0.15) is 4.98 Å². The fourth-order valence-corrected chi connectivity index (χ4v) is 4.90. The van der Waals surface area contributed by atoms with Gasteiger partial charge in [0.25, 0.3) is 0 Å². The van der Waals surface area contributed by atoms with Gasteiger partial charge in [-0.05, 0) is 49.7 Å². The summed E-state index contributed by atoms with van der Waals surface area (Å²) in [5.41, 5.74) is 4.32. The summed E-state index contributed by atoms with van der Waals surface area (Å²) in [6, 6.07) is 11.4. The van der Waals surface area contributed by atoms with Crippen LogP contribution in [0.4, 0.5) is 0 Å². The molecular formula is C23H26N4O. The summed E-state index contributed by atoms with van der Waals surface area (Å²) in [6.07, 6.45) is 9.75. The highest BCUT2D eigenvalue weighted by Crippen LogP contribution is 2.49. The lowest BCUT2D eigenvalue weighted by Crippen LogP contribution is -2.30. The minimum Gasteiger partial charge on any atom is -0.339 e. The van der Waals surface area contributed by atoms with Crippen molar-refractivity contribution in [2.45, 2.75) is 68.2 Å². The zero-order valence-corrected chi connectivity index (χ0v) is 16.1. The third kappa shape index (κ3) is 2.93. The van der Waals surface area contributed by atoms with Crippen LogP contribution < -0.4 is 5.32 Å². The van der Waals surface area contributed by atoms with Crippen LogP contribution in [-0.2, 0) is 5.41 Å². The minimum absolute atomic E-state index is 0.0984. The molecule has 0 spiro atoms. The van der Waals surface area contributed by atoms with Crippen LogP contribution in [0.15, 0.2) is 51.1 Å². The lowest BCUT2D eigenvalue weighted by Gasteiger charge is -2.19. The second-order valence-corrected chi connectivity index (χ2v) is 8.98. The zero-order valence-electron chi connectivity index (χ0n) is 16.1. The average molecular weight is 374 g/mol. The lowest BCUT2D eigenvalue weighted by atomic mass is 9.86. The van der Waals surface area contributed by atoms with E-state index in [4.69, 9.17) is 9.51 Å². The molecule has 3 aliphatic carbocycles. The molecule has 144 valence electrons. The van der Waals surface area contributed by atoms with Crippen LogP contribution in [0, 0.1) is 0 Å². The Bertz CT molecular complexity index is 941. The Morgan fingerprint density at radius 3 is 2.93 bits per heavy atom. The Labute approximate surface area is 165 Å². The van der Waals surface area contributed by atoms with Gasteiger partial charge in [-0.3, -0.25) is 4.99 Å². The standard InChI is InChI=1S/C23H26N4O/c1-2-4-15(5-3-1)18-13-20(18)25-14-23(9-10-23)22-26-21(28-27-22)17-6-7-19-16(12-17)8-11-24-19/h1-5,11,17-18,20,25H,6-10,12-14H2/t17?,18?,20-/m0/s1.